The molecule has 0 amide bonds. The van der Waals surface area contributed by atoms with Gasteiger partial charge in [0.1, 0.15) is 11.6 Å². The van der Waals surface area contributed by atoms with Crippen molar-refractivity contribution in [3.63, 3.8) is 0 Å². The highest BCUT2D eigenvalue weighted by atomic mass is 35.5. The summed E-state index contributed by atoms with van der Waals surface area (Å²) in [5.41, 5.74) is 1.14. The molecule has 0 atom stereocenters. The van der Waals surface area contributed by atoms with Crippen LogP contribution < -0.4 is 4.74 Å². The van der Waals surface area contributed by atoms with Crippen LogP contribution >= 0.6 is 11.6 Å². The predicted octanol–water partition coefficient (Wildman–Crippen LogP) is 4.43. The summed E-state index contributed by atoms with van der Waals surface area (Å²) in [4.78, 5) is 11.1. The second-order valence-corrected chi connectivity index (χ2v) is 5.99. The van der Waals surface area contributed by atoms with Gasteiger partial charge in [-0.15, -0.1) is 0 Å². The lowest BCUT2D eigenvalue weighted by Gasteiger charge is -2.18. The van der Waals surface area contributed by atoms with E-state index in [2.05, 4.69) is 0 Å². The quantitative estimate of drug-likeness (QED) is 0.754. The monoisotopic (exact) mass is 294 g/mol. The summed E-state index contributed by atoms with van der Waals surface area (Å²) in [5, 5.41) is 0.0263. The fourth-order valence-electron chi connectivity index (χ4n) is 2.02. The van der Waals surface area contributed by atoms with Gasteiger partial charge in [-0.3, -0.25) is 4.79 Å². The van der Waals surface area contributed by atoms with Gasteiger partial charge >= 0.3 is 0 Å². The van der Waals surface area contributed by atoms with E-state index >= 15 is 0 Å². The number of ether oxygens (including phenoxy) is 1. The number of ketones is 1. The Bertz CT molecular complexity index is 615. The molecule has 0 aliphatic carbocycles. The van der Waals surface area contributed by atoms with E-state index in [0.29, 0.717) is 17.9 Å². The average molecular weight is 295 g/mol. The topological polar surface area (TPSA) is 26.3 Å². The van der Waals surface area contributed by atoms with Crippen molar-refractivity contribution in [2.75, 3.05) is 6.61 Å². The highest BCUT2D eigenvalue weighted by Gasteiger charge is 2.24. The lowest BCUT2D eigenvalue weighted by molar-refractivity contribution is -0.112. The van der Waals surface area contributed by atoms with Crippen molar-refractivity contribution < 1.29 is 13.9 Å². The third-order valence-electron chi connectivity index (χ3n) is 2.98. The first-order valence-corrected chi connectivity index (χ1v) is 6.70. The first-order valence-electron chi connectivity index (χ1n) is 6.32. The molecule has 1 heterocycles. The Labute approximate surface area is 122 Å². The number of carbonyl (C=O) groups excluding carboxylic acids is 1. The van der Waals surface area contributed by atoms with Gasteiger partial charge in [0.2, 0.25) is 0 Å². The molecule has 0 radical (unpaired) electrons. The van der Waals surface area contributed by atoms with Gasteiger partial charge in [0.25, 0.3) is 0 Å². The smallest absolute Gasteiger partial charge is 0.152 e. The average Bonchev–Trinajstić information content (AvgIpc) is 2.46. The summed E-state index contributed by atoms with van der Waals surface area (Å²) in [6.45, 7) is 5.95. The van der Waals surface area contributed by atoms with Crippen LogP contribution in [0.4, 0.5) is 4.39 Å². The maximum atomic E-state index is 13.7. The van der Waals surface area contributed by atoms with E-state index in [-0.39, 0.29) is 16.2 Å². The van der Waals surface area contributed by atoms with Crippen molar-refractivity contribution in [2.24, 2.45) is 5.41 Å². The Morgan fingerprint density at radius 2 is 2.15 bits per heavy atom. The second kappa shape index (κ2) is 5.41. The molecule has 20 heavy (non-hydrogen) atoms. The SMILES string of the molecule is CC(=O)/C=C/C1=CC(C)(C)COc2cc(Cl)c(F)cc21. The van der Waals surface area contributed by atoms with Crippen molar-refractivity contribution in [3.8, 4) is 5.75 Å². The number of halogens is 2. The zero-order chi connectivity index (χ0) is 14.9. The van der Waals surface area contributed by atoms with Gasteiger partial charge in [0.15, 0.2) is 5.78 Å². The largest absolute Gasteiger partial charge is 0.492 e. The van der Waals surface area contributed by atoms with E-state index < -0.39 is 5.82 Å². The van der Waals surface area contributed by atoms with Gasteiger partial charge in [-0.2, -0.15) is 0 Å². The van der Waals surface area contributed by atoms with Gasteiger partial charge in [-0.25, -0.2) is 4.39 Å². The first-order chi connectivity index (χ1) is 9.28. The molecule has 0 saturated carbocycles. The van der Waals surface area contributed by atoms with E-state index in [1.54, 1.807) is 6.08 Å². The Kier molecular flexibility index (Phi) is 4.00. The molecule has 0 spiro atoms. The minimum Gasteiger partial charge on any atom is -0.492 e. The summed E-state index contributed by atoms with van der Waals surface area (Å²) in [5.74, 6) is -0.0397. The van der Waals surface area contributed by atoms with Crippen LogP contribution in [-0.2, 0) is 4.79 Å². The zero-order valence-electron chi connectivity index (χ0n) is 11.7. The number of carbonyl (C=O) groups is 1. The molecular weight excluding hydrogens is 279 g/mol. The molecule has 106 valence electrons. The summed E-state index contributed by atoms with van der Waals surface area (Å²) in [6.07, 6.45) is 5.13. The molecule has 1 aliphatic rings. The van der Waals surface area contributed by atoms with Crippen LogP contribution in [0, 0.1) is 11.2 Å². The van der Waals surface area contributed by atoms with Gasteiger partial charge in [0, 0.05) is 17.0 Å². The van der Waals surface area contributed by atoms with E-state index in [1.807, 2.05) is 19.9 Å². The van der Waals surface area contributed by atoms with Crippen LogP contribution in [0.1, 0.15) is 26.3 Å². The van der Waals surface area contributed by atoms with Gasteiger partial charge < -0.3 is 4.74 Å². The number of hydrogen-bond donors (Lipinski definition) is 0. The number of benzene rings is 1. The van der Waals surface area contributed by atoms with E-state index in [4.69, 9.17) is 16.3 Å². The number of rotatable bonds is 2. The van der Waals surface area contributed by atoms with Crippen LogP contribution in [0.25, 0.3) is 5.57 Å². The molecule has 2 nitrogen and oxygen atoms in total. The van der Waals surface area contributed by atoms with Crippen molar-refractivity contribution in [1.29, 1.82) is 0 Å². The lowest BCUT2D eigenvalue weighted by atomic mass is 9.90. The molecule has 0 N–H and O–H groups in total. The maximum absolute atomic E-state index is 13.7. The van der Waals surface area contributed by atoms with Crippen molar-refractivity contribution in [1.82, 2.24) is 0 Å². The van der Waals surface area contributed by atoms with Crippen LogP contribution in [-0.4, -0.2) is 12.4 Å². The highest BCUT2D eigenvalue weighted by molar-refractivity contribution is 6.31. The normalized spacial score (nSPS) is 17.1. The van der Waals surface area contributed by atoms with E-state index in [1.165, 1.54) is 25.1 Å². The Hall–Kier alpha value is -1.61. The highest BCUT2D eigenvalue weighted by Crippen LogP contribution is 2.38. The zero-order valence-corrected chi connectivity index (χ0v) is 12.4. The van der Waals surface area contributed by atoms with Crippen LogP contribution in [0.3, 0.4) is 0 Å². The molecule has 1 aromatic carbocycles. The minimum absolute atomic E-state index is 0.0263. The summed E-state index contributed by atoms with van der Waals surface area (Å²) in [6, 6.07) is 2.82. The summed E-state index contributed by atoms with van der Waals surface area (Å²) in [7, 11) is 0. The van der Waals surface area contributed by atoms with Crippen LogP contribution in [0.15, 0.2) is 30.4 Å². The van der Waals surface area contributed by atoms with Gasteiger partial charge in [-0.05, 0) is 24.6 Å². The maximum Gasteiger partial charge on any atom is 0.152 e. The first kappa shape index (κ1) is 14.8. The molecule has 2 rings (SSSR count). The summed E-state index contributed by atoms with van der Waals surface area (Å²) < 4.78 is 19.4. The molecular formula is C16H16ClFO2. The molecule has 0 fully saturated rings. The molecule has 0 saturated heterocycles. The standard InChI is InChI=1S/C16H16ClFO2/c1-10(19)4-5-11-8-16(2,3)9-20-15-7-13(17)14(18)6-12(11)15/h4-8H,9H2,1-3H3/b5-4+. The second-order valence-electron chi connectivity index (χ2n) is 5.58. The summed E-state index contributed by atoms with van der Waals surface area (Å²) >= 11 is 5.80. The molecule has 0 aromatic heterocycles. The fraction of sp³-hybridized carbons (Fsp3) is 0.312. The predicted molar refractivity (Wildman–Crippen MR) is 78.5 cm³/mol. The van der Waals surface area contributed by atoms with Gasteiger partial charge in [0.05, 0.1) is 11.6 Å². The number of allylic oxidation sites excluding steroid dienone is 3. The Balaban J connectivity index is 2.58. The molecule has 1 aromatic rings. The molecule has 0 unspecified atom stereocenters. The third kappa shape index (κ3) is 3.28. The van der Waals surface area contributed by atoms with E-state index in [9.17, 15) is 9.18 Å². The van der Waals surface area contributed by atoms with Crippen molar-refractivity contribution in [2.45, 2.75) is 20.8 Å². The molecule has 0 bridgehead atoms. The third-order valence-corrected chi connectivity index (χ3v) is 3.27. The van der Waals surface area contributed by atoms with Crippen molar-refractivity contribution >= 4 is 23.0 Å². The van der Waals surface area contributed by atoms with E-state index in [0.717, 1.165) is 5.57 Å². The Morgan fingerprint density at radius 1 is 1.45 bits per heavy atom. The van der Waals surface area contributed by atoms with Gasteiger partial charge in [-0.1, -0.05) is 37.6 Å². The fourth-order valence-corrected chi connectivity index (χ4v) is 2.18. The Morgan fingerprint density at radius 3 is 2.80 bits per heavy atom. The van der Waals surface area contributed by atoms with Crippen LogP contribution in [0.2, 0.25) is 5.02 Å². The lowest BCUT2D eigenvalue weighted by Crippen LogP contribution is -2.17. The number of hydrogen-bond acceptors (Lipinski definition) is 2. The molecule has 4 heteroatoms. The van der Waals surface area contributed by atoms with Crippen molar-refractivity contribution in [3.05, 3.63) is 46.8 Å². The minimum atomic E-state index is -0.504. The molecule has 1 aliphatic heterocycles. The van der Waals surface area contributed by atoms with Crippen LogP contribution in [0.5, 0.6) is 5.75 Å². The number of fused-ring (bicyclic) bond motifs is 1.